The Hall–Kier alpha value is 0.870. The van der Waals surface area contributed by atoms with Gasteiger partial charge >= 0.3 is 29.6 Å². The Labute approximate surface area is 197 Å². The average Bonchev–Trinajstić information content (AvgIpc) is 2.60. The summed E-state index contributed by atoms with van der Waals surface area (Å²) in [6.45, 7) is 3.64. The van der Waals surface area contributed by atoms with Gasteiger partial charge in [-0.2, -0.15) is 0 Å². The molecule has 0 aliphatic heterocycles. The summed E-state index contributed by atoms with van der Waals surface area (Å²) in [5.74, 6) is 0. The molecule has 4 nitrogen and oxygen atoms in total. The summed E-state index contributed by atoms with van der Waals surface area (Å²) < 4.78 is 32.4. The van der Waals surface area contributed by atoms with Gasteiger partial charge in [0.1, 0.15) is 0 Å². The molecule has 6 heteroatoms. The molecule has 0 aliphatic carbocycles. The molecule has 0 rings (SSSR count). The maximum atomic E-state index is 10.8. The van der Waals surface area contributed by atoms with E-state index in [0.29, 0.717) is 6.42 Å². The topological polar surface area (TPSA) is 77.4 Å². The van der Waals surface area contributed by atoms with Crippen LogP contribution in [0.15, 0.2) is 0 Å². The van der Waals surface area contributed by atoms with Gasteiger partial charge in [0.05, 0.1) is 16.2 Å². The maximum absolute atomic E-state index is 10.8. The van der Waals surface area contributed by atoms with E-state index in [2.05, 4.69) is 6.92 Å². The summed E-state index contributed by atoms with van der Waals surface area (Å²) in [6, 6.07) is 0. The molecule has 164 valence electrons. The van der Waals surface area contributed by atoms with Crippen molar-refractivity contribution in [2.75, 3.05) is 0 Å². The Kier molecular flexibility index (Phi) is 23.4. The molecule has 0 bridgehead atoms. The number of aliphatic hydroxyl groups is 1. The molecule has 0 saturated heterocycles. The van der Waals surface area contributed by atoms with Crippen molar-refractivity contribution >= 4 is 10.1 Å². The summed E-state index contributed by atoms with van der Waals surface area (Å²) in [7, 11) is -4.09. The Morgan fingerprint density at radius 1 is 0.679 bits per heavy atom. The van der Waals surface area contributed by atoms with Crippen LogP contribution in [0, 0.1) is 0 Å². The molecule has 0 saturated carbocycles. The van der Waals surface area contributed by atoms with Gasteiger partial charge in [-0.15, -0.1) is 0 Å². The molecule has 0 aromatic rings. The Morgan fingerprint density at radius 3 is 1.32 bits per heavy atom. The maximum Gasteiger partial charge on any atom is 1.00 e. The van der Waals surface area contributed by atoms with E-state index >= 15 is 0 Å². The summed E-state index contributed by atoms with van der Waals surface area (Å²) in [5.41, 5.74) is 0. The SMILES string of the molecule is CCCC(O)CCCCCCCCCCCCCCCCC(C)S(=O)(=O)[O-].[Na+]. The summed E-state index contributed by atoms with van der Waals surface area (Å²) in [5, 5.41) is 8.94. The number of hydrogen-bond donors (Lipinski definition) is 1. The van der Waals surface area contributed by atoms with Crippen LogP contribution < -0.4 is 29.6 Å². The number of rotatable bonds is 20. The molecule has 0 fully saturated rings. The third-order valence-electron chi connectivity index (χ3n) is 5.51. The van der Waals surface area contributed by atoms with Crippen LogP contribution in [0.25, 0.3) is 0 Å². The zero-order chi connectivity index (χ0) is 20.4. The van der Waals surface area contributed by atoms with Gasteiger partial charge in [-0.1, -0.05) is 103 Å². The quantitative estimate of drug-likeness (QED) is 0.183. The fraction of sp³-hybridized carbons (Fsp3) is 1.00. The minimum Gasteiger partial charge on any atom is -0.748 e. The Balaban J connectivity index is 0. The molecule has 0 spiro atoms. The van der Waals surface area contributed by atoms with Gasteiger partial charge in [-0.05, 0) is 26.2 Å². The molecule has 1 N–H and O–H groups in total. The third kappa shape index (κ3) is 21.6. The first kappa shape index (κ1) is 31.1. The molecule has 0 amide bonds. The van der Waals surface area contributed by atoms with Crippen molar-refractivity contribution in [1.82, 2.24) is 0 Å². The van der Waals surface area contributed by atoms with E-state index in [1.165, 1.54) is 77.6 Å². The van der Waals surface area contributed by atoms with Crippen molar-refractivity contribution in [2.45, 2.75) is 141 Å². The van der Waals surface area contributed by atoms with Gasteiger partial charge in [0.15, 0.2) is 0 Å². The molecule has 0 radical (unpaired) electrons. The van der Waals surface area contributed by atoms with E-state index in [-0.39, 0.29) is 35.7 Å². The van der Waals surface area contributed by atoms with Crippen LogP contribution in [0.1, 0.15) is 129 Å². The monoisotopic (exact) mass is 428 g/mol. The molecule has 0 aliphatic rings. The van der Waals surface area contributed by atoms with E-state index in [0.717, 1.165) is 38.5 Å². The number of hydrogen-bond acceptors (Lipinski definition) is 4. The van der Waals surface area contributed by atoms with Crippen molar-refractivity contribution in [1.29, 1.82) is 0 Å². The summed E-state index contributed by atoms with van der Waals surface area (Å²) >= 11 is 0. The van der Waals surface area contributed by atoms with Crippen molar-refractivity contribution in [3.8, 4) is 0 Å². The van der Waals surface area contributed by atoms with Crippen LogP contribution in [0.4, 0.5) is 0 Å². The van der Waals surface area contributed by atoms with Gasteiger partial charge < -0.3 is 9.66 Å². The standard InChI is InChI=1S/C22H46O4S.Na/c1-3-18-22(23)20-17-15-13-11-9-7-5-4-6-8-10-12-14-16-19-21(2)27(24,25)26;/h21-23H,3-20H2,1-2H3,(H,24,25,26);/q;+1/p-1. The average molecular weight is 429 g/mol. The fourth-order valence-electron chi connectivity index (χ4n) is 3.55. The minimum absolute atomic E-state index is 0. The predicted molar refractivity (Wildman–Crippen MR) is 114 cm³/mol. The normalized spacial score (nSPS) is 13.9. The van der Waals surface area contributed by atoms with Crippen LogP contribution in [-0.2, 0) is 10.1 Å². The van der Waals surface area contributed by atoms with Crippen molar-refractivity contribution in [2.24, 2.45) is 0 Å². The molecule has 2 unspecified atom stereocenters. The van der Waals surface area contributed by atoms with Crippen molar-refractivity contribution in [3.05, 3.63) is 0 Å². The Bertz CT molecular complexity index is 415. The fourth-order valence-corrected chi connectivity index (χ4v) is 4.01. The Morgan fingerprint density at radius 2 is 1.00 bits per heavy atom. The van der Waals surface area contributed by atoms with Crippen LogP contribution in [0.3, 0.4) is 0 Å². The number of aliphatic hydroxyl groups excluding tert-OH is 1. The van der Waals surface area contributed by atoms with Crippen LogP contribution in [-0.4, -0.2) is 29.4 Å². The molecule has 0 aromatic carbocycles. The molecular weight excluding hydrogens is 383 g/mol. The van der Waals surface area contributed by atoms with Gasteiger partial charge in [-0.25, -0.2) is 8.42 Å². The number of unbranched alkanes of at least 4 members (excludes halogenated alkanes) is 13. The largest absolute Gasteiger partial charge is 1.00 e. The summed E-state index contributed by atoms with van der Waals surface area (Å²) in [6.07, 6.45) is 20.7. The second kappa shape index (κ2) is 21.1. The minimum atomic E-state index is -4.09. The predicted octanol–water partition coefficient (Wildman–Crippen LogP) is 3.33. The molecule has 0 heterocycles. The smallest absolute Gasteiger partial charge is 0.748 e. The molecule has 0 aromatic heterocycles. The molecular formula is C22H45NaO4S. The van der Waals surface area contributed by atoms with Crippen LogP contribution in [0.5, 0.6) is 0 Å². The van der Waals surface area contributed by atoms with Gasteiger partial charge in [-0.3, -0.25) is 0 Å². The van der Waals surface area contributed by atoms with Crippen LogP contribution in [0.2, 0.25) is 0 Å². The zero-order valence-electron chi connectivity index (χ0n) is 19.0. The second-order valence-electron chi connectivity index (χ2n) is 8.27. The molecule has 28 heavy (non-hydrogen) atoms. The van der Waals surface area contributed by atoms with Gasteiger partial charge in [0.2, 0.25) is 0 Å². The van der Waals surface area contributed by atoms with E-state index in [9.17, 15) is 18.1 Å². The van der Waals surface area contributed by atoms with E-state index in [1.54, 1.807) is 0 Å². The van der Waals surface area contributed by atoms with E-state index in [4.69, 9.17) is 0 Å². The third-order valence-corrected chi connectivity index (χ3v) is 6.73. The first-order chi connectivity index (χ1) is 12.9. The van der Waals surface area contributed by atoms with Crippen molar-refractivity contribution in [3.63, 3.8) is 0 Å². The van der Waals surface area contributed by atoms with E-state index < -0.39 is 15.4 Å². The summed E-state index contributed by atoms with van der Waals surface area (Å²) in [4.78, 5) is 0. The van der Waals surface area contributed by atoms with Gasteiger partial charge in [0.25, 0.3) is 0 Å². The van der Waals surface area contributed by atoms with E-state index in [1.807, 2.05) is 0 Å². The molecule has 2 atom stereocenters. The first-order valence-corrected chi connectivity index (χ1v) is 13.0. The van der Waals surface area contributed by atoms with Crippen LogP contribution >= 0.6 is 0 Å². The zero-order valence-corrected chi connectivity index (χ0v) is 21.8. The second-order valence-corrected chi connectivity index (χ2v) is 10.1. The first-order valence-electron chi connectivity index (χ1n) is 11.5. The van der Waals surface area contributed by atoms with Gasteiger partial charge in [0, 0.05) is 5.25 Å². The van der Waals surface area contributed by atoms with Crippen molar-refractivity contribution < 1.29 is 47.6 Å².